The molecule has 0 heterocycles. The number of carbonyl (C=O) groups excluding carboxylic acids is 1. The highest BCUT2D eigenvalue weighted by atomic mass is 16.2. The van der Waals surface area contributed by atoms with Crippen LogP contribution in [0.25, 0.3) is 0 Å². The molecule has 0 spiro atoms. The molecular weight excluding hydrogens is 214 g/mol. The molecule has 4 N–H and O–H groups in total. The van der Waals surface area contributed by atoms with E-state index in [4.69, 9.17) is 11.5 Å². The molecule has 0 aromatic heterocycles. The highest BCUT2D eigenvalue weighted by Crippen LogP contribution is 2.15. The third-order valence-corrected chi connectivity index (χ3v) is 2.68. The van der Waals surface area contributed by atoms with Gasteiger partial charge in [-0.15, -0.1) is 0 Å². The van der Waals surface area contributed by atoms with Crippen molar-refractivity contribution in [2.75, 3.05) is 24.6 Å². The Kier molecular flexibility index (Phi) is 4.82. The van der Waals surface area contributed by atoms with E-state index < -0.39 is 0 Å². The van der Waals surface area contributed by atoms with Crippen molar-refractivity contribution >= 4 is 17.3 Å². The van der Waals surface area contributed by atoms with Crippen molar-refractivity contribution in [2.45, 2.75) is 26.7 Å². The van der Waals surface area contributed by atoms with Crippen LogP contribution in [0.5, 0.6) is 0 Å². The summed E-state index contributed by atoms with van der Waals surface area (Å²) in [6.07, 6.45) is 2.08. The van der Waals surface area contributed by atoms with Gasteiger partial charge >= 0.3 is 0 Å². The summed E-state index contributed by atoms with van der Waals surface area (Å²) in [4.78, 5) is 14.0. The second-order valence-electron chi connectivity index (χ2n) is 4.13. The lowest BCUT2D eigenvalue weighted by Crippen LogP contribution is -2.31. The normalized spacial score (nSPS) is 10.2. The number of anilines is 2. The Balaban J connectivity index is 2.85. The van der Waals surface area contributed by atoms with E-state index in [1.807, 2.05) is 11.8 Å². The monoisotopic (exact) mass is 235 g/mol. The zero-order valence-corrected chi connectivity index (χ0v) is 10.6. The number of nitrogens with two attached hydrogens (primary N) is 2. The summed E-state index contributed by atoms with van der Waals surface area (Å²) >= 11 is 0. The molecule has 0 saturated heterocycles. The molecule has 1 aromatic carbocycles. The molecule has 0 aliphatic carbocycles. The van der Waals surface area contributed by atoms with E-state index in [9.17, 15) is 4.79 Å². The third kappa shape index (κ3) is 3.66. The van der Waals surface area contributed by atoms with Crippen LogP contribution in [0.1, 0.15) is 37.0 Å². The molecule has 0 aliphatic heterocycles. The number of nitrogens with zero attached hydrogens (tertiary/aromatic N) is 1. The second-order valence-corrected chi connectivity index (χ2v) is 4.13. The maximum absolute atomic E-state index is 12.2. The van der Waals surface area contributed by atoms with Crippen molar-refractivity contribution in [1.82, 2.24) is 4.90 Å². The predicted molar refractivity (Wildman–Crippen MR) is 71.8 cm³/mol. The number of rotatable bonds is 5. The molecule has 0 bridgehead atoms. The number of amides is 1. The SMILES string of the molecule is CCCCN(CC)C(=O)c1cc(N)cc(N)c1. The first-order chi connectivity index (χ1) is 8.08. The van der Waals surface area contributed by atoms with Gasteiger partial charge in [0, 0.05) is 30.0 Å². The van der Waals surface area contributed by atoms with Gasteiger partial charge in [-0.3, -0.25) is 4.79 Å². The van der Waals surface area contributed by atoms with E-state index >= 15 is 0 Å². The Morgan fingerprint density at radius 3 is 2.24 bits per heavy atom. The van der Waals surface area contributed by atoms with E-state index in [0.29, 0.717) is 23.5 Å². The molecule has 1 aromatic rings. The molecule has 0 fully saturated rings. The third-order valence-electron chi connectivity index (χ3n) is 2.68. The van der Waals surface area contributed by atoms with Gasteiger partial charge < -0.3 is 16.4 Å². The summed E-state index contributed by atoms with van der Waals surface area (Å²) in [7, 11) is 0. The maximum Gasteiger partial charge on any atom is 0.253 e. The molecule has 0 aliphatic rings. The summed E-state index contributed by atoms with van der Waals surface area (Å²) in [5.74, 6) is -0.0000463. The van der Waals surface area contributed by atoms with Gasteiger partial charge in [0.15, 0.2) is 0 Å². The molecule has 4 nitrogen and oxygen atoms in total. The Labute approximate surface area is 103 Å². The van der Waals surface area contributed by atoms with Crippen LogP contribution in [0.2, 0.25) is 0 Å². The number of benzene rings is 1. The summed E-state index contributed by atoms with van der Waals surface area (Å²) in [6, 6.07) is 5.00. The van der Waals surface area contributed by atoms with Crippen LogP contribution in [0.3, 0.4) is 0 Å². The van der Waals surface area contributed by atoms with Crippen LogP contribution in [-0.4, -0.2) is 23.9 Å². The zero-order chi connectivity index (χ0) is 12.8. The number of unbranched alkanes of at least 4 members (excludes halogenated alkanes) is 1. The fourth-order valence-corrected chi connectivity index (χ4v) is 1.73. The first-order valence-corrected chi connectivity index (χ1v) is 6.03. The first kappa shape index (κ1) is 13.4. The average molecular weight is 235 g/mol. The average Bonchev–Trinajstić information content (AvgIpc) is 2.28. The molecule has 94 valence electrons. The van der Waals surface area contributed by atoms with Crippen LogP contribution in [-0.2, 0) is 0 Å². The minimum atomic E-state index is -0.0000463. The second kappa shape index (κ2) is 6.13. The number of nitrogen functional groups attached to an aromatic ring is 2. The Bertz CT molecular complexity index is 370. The lowest BCUT2D eigenvalue weighted by molar-refractivity contribution is 0.0762. The number of hydrogen-bond acceptors (Lipinski definition) is 3. The largest absolute Gasteiger partial charge is 0.399 e. The van der Waals surface area contributed by atoms with Crippen LogP contribution >= 0.6 is 0 Å². The van der Waals surface area contributed by atoms with Crippen molar-refractivity contribution in [2.24, 2.45) is 0 Å². The molecule has 0 atom stereocenters. The molecule has 17 heavy (non-hydrogen) atoms. The van der Waals surface area contributed by atoms with Crippen LogP contribution < -0.4 is 11.5 Å². The van der Waals surface area contributed by atoms with Crippen molar-refractivity contribution < 1.29 is 4.79 Å². The summed E-state index contributed by atoms with van der Waals surface area (Å²) in [5, 5.41) is 0. The highest BCUT2D eigenvalue weighted by molar-refractivity contribution is 5.96. The summed E-state index contributed by atoms with van der Waals surface area (Å²) in [6.45, 7) is 5.56. The van der Waals surface area contributed by atoms with E-state index in [-0.39, 0.29) is 5.91 Å². The fraction of sp³-hybridized carbons (Fsp3) is 0.462. The van der Waals surface area contributed by atoms with Crippen molar-refractivity contribution in [3.63, 3.8) is 0 Å². The molecule has 4 heteroatoms. The Morgan fingerprint density at radius 2 is 1.76 bits per heavy atom. The highest BCUT2D eigenvalue weighted by Gasteiger charge is 2.14. The minimum absolute atomic E-state index is 0.0000463. The molecule has 0 saturated carbocycles. The predicted octanol–water partition coefficient (Wildman–Crippen LogP) is 2.11. The van der Waals surface area contributed by atoms with Gasteiger partial charge in [-0.25, -0.2) is 0 Å². The van der Waals surface area contributed by atoms with Crippen molar-refractivity contribution in [3.05, 3.63) is 23.8 Å². The van der Waals surface area contributed by atoms with Crippen molar-refractivity contribution in [3.8, 4) is 0 Å². The summed E-state index contributed by atoms with van der Waals surface area (Å²) < 4.78 is 0. The molecular formula is C13H21N3O. The molecule has 0 unspecified atom stereocenters. The van der Waals surface area contributed by atoms with Gasteiger partial charge in [-0.05, 0) is 31.5 Å². The summed E-state index contributed by atoms with van der Waals surface area (Å²) in [5.41, 5.74) is 13.0. The van der Waals surface area contributed by atoms with Gasteiger partial charge in [-0.1, -0.05) is 13.3 Å². The smallest absolute Gasteiger partial charge is 0.253 e. The molecule has 1 amide bonds. The van der Waals surface area contributed by atoms with Gasteiger partial charge in [0.2, 0.25) is 0 Å². The lowest BCUT2D eigenvalue weighted by atomic mass is 10.1. The standard InChI is InChI=1S/C13H21N3O/c1-3-5-6-16(4-2)13(17)10-7-11(14)9-12(15)8-10/h7-9H,3-6,14-15H2,1-2H3. The van der Waals surface area contributed by atoms with E-state index in [1.165, 1.54) is 0 Å². The Hall–Kier alpha value is -1.71. The fourth-order valence-electron chi connectivity index (χ4n) is 1.73. The van der Waals surface area contributed by atoms with Gasteiger partial charge in [-0.2, -0.15) is 0 Å². The topological polar surface area (TPSA) is 72.3 Å². The first-order valence-electron chi connectivity index (χ1n) is 6.03. The Morgan fingerprint density at radius 1 is 1.18 bits per heavy atom. The van der Waals surface area contributed by atoms with E-state index in [1.54, 1.807) is 18.2 Å². The molecule has 0 radical (unpaired) electrons. The van der Waals surface area contributed by atoms with Gasteiger partial charge in [0.05, 0.1) is 0 Å². The van der Waals surface area contributed by atoms with Gasteiger partial charge in [0.1, 0.15) is 0 Å². The zero-order valence-electron chi connectivity index (χ0n) is 10.6. The lowest BCUT2D eigenvalue weighted by Gasteiger charge is -2.21. The quantitative estimate of drug-likeness (QED) is 0.768. The maximum atomic E-state index is 12.2. The number of carbonyl (C=O) groups is 1. The van der Waals surface area contributed by atoms with Crippen LogP contribution in [0, 0.1) is 0 Å². The van der Waals surface area contributed by atoms with Crippen LogP contribution in [0.15, 0.2) is 18.2 Å². The van der Waals surface area contributed by atoms with E-state index in [0.717, 1.165) is 19.4 Å². The minimum Gasteiger partial charge on any atom is -0.399 e. The van der Waals surface area contributed by atoms with E-state index in [2.05, 4.69) is 6.92 Å². The number of hydrogen-bond donors (Lipinski definition) is 2. The van der Waals surface area contributed by atoms with Crippen LogP contribution in [0.4, 0.5) is 11.4 Å². The van der Waals surface area contributed by atoms with Crippen molar-refractivity contribution in [1.29, 1.82) is 0 Å². The molecule has 1 rings (SSSR count). The van der Waals surface area contributed by atoms with Gasteiger partial charge in [0.25, 0.3) is 5.91 Å².